The Morgan fingerprint density at radius 2 is 1.82 bits per heavy atom. The number of urea groups is 1. The predicted octanol–water partition coefficient (Wildman–Crippen LogP) is 3.06. The highest BCUT2D eigenvalue weighted by atomic mass is 35.5. The summed E-state index contributed by atoms with van der Waals surface area (Å²) in [5, 5.41) is 6.01. The number of halogens is 1. The van der Waals surface area contributed by atoms with Gasteiger partial charge in [-0.05, 0) is 39.3 Å². The number of nitrogens with one attached hydrogen (secondary N) is 2. The maximum atomic E-state index is 12.9. The smallest absolute Gasteiger partial charge is 0.410 e. The highest BCUT2D eigenvalue weighted by molar-refractivity contribution is 6.31. The fraction of sp³-hybridized carbons (Fsp3) is 0.522. The molecular weight excluding hydrogens is 448 g/mol. The van der Waals surface area contributed by atoms with Crippen LogP contribution >= 0.6 is 11.6 Å². The van der Waals surface area contributed by atoms with Gasteiger partial charge in [0.25, 0.3) is 0 Å². The molecule has 0 saturated carbocycles. The number of hydrogen-bond acceptors (Lipinski definition) is 6. The highest BCUT2D eigenvalue weighted by Gasteiger charge is 2.36. The van der Waals surface area contributed by atoms with Gasteiger partial charge in [-0.15, -0.1) is 0 Å². The molecule has 1 aromatic carbocycles. The van der Waals surface area contributed by atoms with E-state index in [9.17, 15) is 14.4 Å². The molecule has 33 heavy (non-hydrogen) atoms. The molecule has 0 radical (unpaired) electrons. The standard InChI is InChI=1S/C23H31ClN4O5/c1-5-32-20(29)18-17(25-21(30)26-19(18)15-8-6-7-9-16(15)24)14-27-10-12-28(13-11-27)22(31)33-23(2,3)4/h6-9,19H,5,10-14H2,1-4H3,(H2,25,26,30)/t19-/m0/s1. The number of carbonyl (C=O) groups is 3. The Hall–Kier alpha value is -2.78. The fourth-order valence-corrected chi connectivity index (χ4v) is 4.02. The van der Waals surface area contributed by atoms with E-state index in [-0.39, 0.29) is 12.7 Å². The van der Waals surface area contributed by atoms with Crippen LogP contribution < -0.4 is 10.6 Å². The molecular formula is C23H31ClN4O5. The minimum Gasteiger partial charge on any atom is -0.463 e. The second-order valence-electron chi connectivity index (χ2n) is 8.91. The molecule has 9 nitrogen and oxygen atoms in total. The molecule has 0 aliphatic carbocycles. The van der Waals surface area contributed by atoms with E-state index in [0.717, 1.165) is 0 Å². The monoisotopic (exact) mass is 478 g/mol. The summed E-state index contributed by atoms with van der Waals surface area (Å²) < 4.78 is 10.7. The number of esters is 1. The number of ether oxygens (including phenoxy) is 2. The zero-order chi connectivity index (χ0) is 24.2. The van der Waals surface area contributed by atoms with E-state index in [1.54, 1.807) is 36.1 Å². The lowest BCUT2D eigenvalue weighted by atomic mass is 9.95. The zero-order valence-corrected chi connectivity index (χ0v) is 20.2. The molecule has 1 aromatic rings. The lowest BCUT2D eigenvalue weighted by molar-refractivity contribution is -0.139. The third-order valence-corrected chi connectivity index (χ3v) is 5.62. The third kappa shape index (κ3) is 6.39. The molecule has 3 rings (SSSR count). The largest absolute Gasteiger partial charge is 0.463 e. The van der Waals surface area contributed by atoms with Gasteiger partial charge in [0, 0.05) is 43.4 Å². The van der Waals surface area contributed by atoms with Crippen LogP contribution in [0.4, 0.5) is 9.59 Å². The van der Waals surface area contributed by atoms with Crippen LogP contribution in [0.3, 0.4) is 0 Å². The second-order valence-corrected chi connectivity index (χ2v) is 9.32. The van der Waals surface area contributed by atoms with Crippen molar-refractivity contribution in [2.45, 2.75) is 39.3 Å². The quantitative estimate of drug-likeness (QED) is 0.631. The van der Waals surface area contributed by atoms with Crippen molar-refractivity contribution >= 4 is 29.7 Å². The SMILES string of the molecule is CCOC(=O)C1=C(CN2CCN(C(=O)OC(C)(C)C)CC2)NC(=O)N[C@H]1c1ccccc1Cl. The van der Waals surface area contributed by atoms with Crippen molar-refractivity contribution in [3.8, 4) is 0 Å². The van der Waals surface area contributed by atoms with Crippen molar-refractivity contribution in [2.24, 2.45) is 0 Å². The number of hydrogen-bond donors (Lipinski definition) is 2. The summed E-state index contributed by atoms with van der Waals surface area (Å²) in [6, 6.07) is 5.92. The molecule has 1 fully saturated rings. The van der Waals surface area contributed by atoms with Crippen molar-refractivity contribution in [1.82, 2.24) is 20.4 Å². The van der Waals surface area contributed by atoms with Crippen LogP contribution in [0.5, 0.6) is 0 Å². The summed E-state index contributed by atoms with van der Waals surface area (Å²) in [6.07, 6.45) is -0.345. The van der Waals surface area contributed by atoms with Crippen LogP contribution in [0, 0.1) is 0 Å². The average Bonchev–Trinajstić information content (AvgIpc) is 2.73. The van der Waals surface area contributed by atoms with Crippen LogP contribution in [0.25, 0.3) is 0 Å². The first kappa shape index (κ1) is 24.9. The molecule has 1 saturated heterocycles. The molecule has 0 unspecified atom stereocenters. The highest BCUT2D eigenvalue weighted by Crippen LogP contribution is 2.32. The summed E-state index contributed by atoms with van der Waals surface area (Å²) in [6.45, 7) is 9.86. The van der Waals surface area contributed by atoms with E-state index in [1.807, 2.05) is 20.8 Å². The predicted molar refractivity (Wildman–Crippen MR) is 124 cm³/mol. The number of amides is 3. The lowest BCUT2D eigenvalue weighted by Gasteiger charge is -2.37. The summed E-state index contributed by atoms with van der Waals surface area (Å²) in [7, 11) is 0. The van der Waals surface area contributed by atoms with Gasteiger partial charge < -0.3 is 25.0 Å². The van der Waals surface area contributed by atoms with E-state index in [0.29, 0.717) is 54.6 Å². The summed E-state index contributed by atoms with van der Waals surface area (Å²) in [5.41, 5.74) is 0.844. The minimum absolute atomic E-state index is 0.202. The molecule has 2 aliphatic heterocycles. The molecule has 180 valence electrons. The van der Waals surface area contributed by atoms with Gasteiger partial charge in [-0.1, -0.05) is 29.8 Å². The summed E-state index contributed by atoms with van der Waals surface area (Å²) >= 11 is 6.38. The molecule has 3 amide bonds. The van der Waals surface area contributed by atoms with Crippen LogP contribution in [-0.2, 0) is 14.3 Å². The number of carbonyl (C=O) groups excluding carboxylic acids is 3. The van der Waals surface area contributed by atoms with Gasteiger partial charge in [0.2, 0.25) is 0 Å². The minimum atomic E-state index is -0.732. The number of benzene rings is 1. The number of nitrogens with zero attached hydrogens (tertiary/aromatic N) is 2. The molecule has 2 N–H and O–H groups in total. The first-order chi connectivity index (χ1) is 15.6. The third-order valence-electron chi connectivity index (χ3n) is 5.27. The molecule has 1 atom stereocenters. The molecule has 2 heterocycles. The van der Waals surface area contributed by atoms with Crippen LogP contribution in [-0.4, -0.2) is 72.8 Å². The lowest BCUT2D eigenvalue weighted by Crippen LogP contribution is -2.53. The van der Waals surface area contributed by atoms with Crippen molar-refractivity contribution in [2.75, 3.05) is 39.3 Å². The van der Waals surface area contributed by atoms with E-state index >= 15 is 0 Å². The van der Waals surface area contributed by atoms with E-state index in [2.05, 4.69) is 15.5 Å². The van der Waals surface area contributed by atoms with Crippen LogP contribution in [0.1, 0.15) is 39.3 Å². The van der Waals surface area contributed by atoms with E-state index < -0.39 is 23.6 Å². The van der Waals surface area contributed by atoms with Gasteiger partial charge in [0.1, 0.15) is 5.60 Å². The maximum Gasteiger partial charge on any atom is 0.410 e. The summed E-state index contributed by atoms with van der Waals surface area (Å²) in [5.74, 6) is -0.516. The Bertz CT molecular complexity index is 935. The van der Waals surface area contributed by atoms with Crippen molar-refractivity contribution in [3.63, 3.8) is 0 Å². The second kappa shape index (κ2) is 10.4. The van der Waals surface area contributed by atoms with Gasteiger partial charge in [0.05, 0.1) is 18.2 Å². The van der Waals surface area contributed by atoms with Crippen molar-refractivity contribution in [3.05, 3.63) is 46.1 Å². The molecule has 0 aromatic heterocycles. The van der Waals surface area contributed by atoms with Crippen LogP contribution in [0.2, 0.25) is 5.02 Å². The molecule has 10 heteroatoms. The van der Waals surface area contributed by atoms with Crippen molar-refractivity contribution < 1.29 is 23.9 Å². The van der Waals surface area contributed by atoms with E-state index in [1.165, 1.54) is 0 Å². The Balaban J connectivity index is 1.81. The first-order valence-corrected chi connectivity index (χ1v) is 11.4. The van der Waals surface area contributed by atoms with Gasteiger partial charge in [0.15, 0.2) is 0 Å². The number of piperazine rings is 1. The summed E-state index contributed by atoms with van der Waals surface area (Å²) in [4.78, 5) is 41.5. The topological polar surface area (TPSA) is 100 Å². The average molecular weight is 479 g/mol. The van der Waals surface area contributed by atoms with Gasteiger partial charge in [-0.2, -0.15) is 0 Å². The Morgan fingerprint density at radius 3 is 2.42 bits per heavy atom. The van der Waals surface area contributed by atoms with Crippen LogP contribution in [0.15, 0.2) is 35.5 Å². The van der Waals surface area contributed by atoms with E-state index in [4.69, 9.17) is 21.1 Å². The number of rotatable bonds is 5. The van der Waals surface area contributed by atoms with Gasteiger partial charge >= 0.3 is 18.1 Å². The van der Waals surface area contributed by atoms with Gasteiger partial charge in [-0.3, -0.25) is 4.90 Å². The maximum absolute atomic E-state index is 12.9. The zero-order valence-electron chi connectivity index (χ0n) is 19.4. The molecule has 0 bridgehead atoms. The normalized spacial score (nSPS) is 19.6. The Morgan fingerprint density at radius 1 is 1.15 bits per heavy atom. The van der Waals surface area contributed by atoms with Gasteiger partial charge in [-0.25, -0.2) is 14.4 Å². The van der Waals surface area contributed by atoms with Crippen molar-refractivity contribution in [1.29, 1.82) is 0 Å². The first-order valence-electron chi connectivity index (χ1n) is 11.0. The molecule has 2 aliphatic rings. The molecule has 0 spiro atoms. The Kier molecular flexibility index (Phi) is 7.86. The fourth-order valence-electron chi connectivity index (χ4n) is 3.77. The Labute approximate surface area is 199 Å².